The molecule has 0 unspecified atom stereocenters. The van der Waals surface area contributed by atoms with Crippen LogP contribution in [0.1, 0.15) is 18.5 Å². The van der Waals surface area contributed by atoms with Crippen molar-refractivity contribution in [3.8, 4) is 5.75 Å². The van der Waals surface area contributed by atoms with Gasteiger partial charge in [0.1, 0.15) is 5.75 Å². The van der Waals surface area contributed by atoms with Crippen LogP contribution in [0.4, 0.5) is 0 Å². The zero-order chi connectivity index (χ0) is 17.4. The summed E-state index contributed by atoms with van der Waals surface area (Å²) in [5.41, 5.74) is 0.898. The van der Waals surface area contributed by atoms with Gasteiger partial charge < -0.3 is 15.4 Å². The molecule has 2 aromatic rings. The largest absolute Gasteiger partial charge is 0.484 e. The summed E-state index contributed by atoms with van der Waals surface area (Å²) in [7, 11) is 0. The third kappa shape index (κ3) is 5.93. The summed E-state index contributed by atoms with van der Waals surface area (Å²) in [6.45, 7) is 1.60. The van der Waals surface area contributed by atoms with Crippen molar-refractivity contribution < 1.29 is 14.3 Å². The van der Waals surface area contributed by atoms with Crippen LogP contribution in [0.3, 0.4) is 0 Å². The van der Waals surface area contributed by atoms with Gasteiger partial charge in [-0.15, -0.1) is 0 Å². The van der Waals surface area contributed by atoms with E-state index in [-0.39, 0.29) is 31.0 Å². The smallest absolute Gasteiger partial charge is 0.258 e. The number of halogens is 1. The number of benzene rings is 2. The molecule has 2 amide bonds. The van der Waals surface area contributed by atoms with Crippen LogP contribution in [-0.2, 0) is 9.59 Å². The minimum Gasteiger partial charge on any atom is -0.484 e. The molecule has 0 saturated heterocycles. The Bertz CT molecular complexity index is 692. The Morgan fingerprint density at radius 1 is 1.08 bits per heavy atom. The first kappa shape index (κ1) is 17.8. The maximum atomic E-state index is 11.9. The van der Waals surface area contributed by atoms with E-state index in [0.717, 1.165) is 5.56 Å². The Labute approximate surface area is 146 Å². The van der Waals surface area contributed by atoms with Crippen LogP contribution in [0.5, 0.6) is 5.75 Å². The molecule has 0 aromatic heterocycles. The molecule has 2 aromatic carbocycles. The SMILES string of the molecule is C[C@@H](NC(=O)CNC(=O)COc1ccccc1)c1cccc(Cl)c1. The second-order valence-electron chi connectivity index (χ2n) is 5.22. The molecule has 24 heavy (non-hydrogen) atoms. The van der Waals surface area contributed by atoms with Gasteiger partial charge in [-0.05, 0) is 36.8 Å². The third-order valence-electron chi connectivity index (χ3n) is 3.29. The van der Waals surface area contributed by atoms with Gasteiger partial charge in [0, 0.05) is 5.02 Å². The van der Waals surface area contributed by atoms with E-state index < -0.39 is 0 Å². The average molecular weight is 347 g/mol. The zero-order valence-corrected chi connectivity index (χ0v) is 14.0. The molecule has 126 valence electrons. The first-order valence-electron chi connectivity index (χ1n) is 7.54. The first-order chi connectivity index (χ1) is 11.5. The lowest BCUT2D eigenvalue weighted by molar-refractivity contribution is -0.127. The zero-order valence-electron chi connectivity index (χ0n) is 13.3. The Balaban J connectivity index is 1.71. The molecule has 0 fully saturated rings. The Morgan fingerprint density at radius 3 is 2.54 bits per heavy atom. The third-order valence-corrected chi connectivity index (χ3v) is 3.52. The molecule has 1 atom stereocenters. The maximum Gasteiger partial charge on any atom is 0.258 e. The number of hydrogen-bond acceptors (Lipinski definition) is 3. The van der Waals surface area contributed by atoms with Crippen molar-refractivity contribution >= 4 is 23.4 Å². The van der Waals surface area contributed by atoms with Crippen molar-refractivity contribution in [1.29, 1.82) is 0 Å². The van der Waals surface area contributed by atoms with Gasteiger partial charge in [-0.25, -0.2) is 0 Å². The van der Waals surface area contributed by atoms with Crippen LogP contribution in [0, 0.1) is 0 Å². The topological polar surface area (TPSA) is 67.4 Å². The highest BCUT2D eigenvalue weighted by Crippen LogP contribution is 2.17. The number of para-hydroxylation sites is 1. The highest BCUT2D eigenvalue weighted by Gasteiger charge is 2.11. The highest BCUT2D eigenvalue weighted by molar-refractivity contribution is 6.30. The Hall–Kier alpha value is -2.53. The molecule has 2 rings (SSSR count). The molecule has 2 N–H and O–H groups in total. The van der Waals surface area contributed by atoms with E-state index in [0.29, 0.717) is 10.8 Å². The number of rotatable bonds is 7. The monoisotopic (exact) mass is 346 g/mol. The van der Waals surface area contributed by atoms with Gasteiger partial charge >= 0.3 is 0 Å². The van der Waals surface area contributed by atoms with Crippen LogP contribution in [0.25, 0.3) is 0 Å². The summed E-state index contributed by atoms with van der Waals surface area (Å²) in [4.78, 5) is 23.6. The quantitative estimate of drug-likeness (QED) is 0.810. The fraction of sp³-hybridized carbons (Fsp3) is 0.222. The van der Waals surface area contributed by atoms with E-state index in [9.17, 15) is 9.59 Å². The lowest BCUT2D eigenvalue weighted by atomic mass is 10.1. The summed E-state index contributed by atoms with van der Waals surface area (Å²) in [6, 6.07) is 16.1. The molecule has 0 spiro atoms. The number of hydrogen-bond donors (Lipinski definition) is 2. The fourth-order valence-corrected chi connectivity index (χ4v) is 2.25. The molecule has 0 aliphatic heterocycles. The molecule has 0 aliphatic carbocycles. The van der Waals surface area contributed by atoms with Gasteiger partial charge in [0.15, 0.2) is 6.61 Å². The lowest BCUT2D eigenvalue weighted by Crippen LogP contribution is -2.39. The number of nitrogens with one attached hydrogen (secondary N) is 2. The van der Waals surface area contributed by atoms with E-state index in [1.165, 1.54) is 0 Å². The van der Waals surface area contributed by atoms with Crippen molar-refractivity contribution in [1.82, 2.24) is 10.6 Å². The number of ether oxygens (including phenoxy) is 1. The van der Waals surface area contributed by atoms with Crippen molar-refractivity contribution in [2.45, 2.75) is 13.0 Å². The summed E-state index contributed by atoms with van der Waals surface area (Å²) in [5.74, 6) is -0.0355. The van der Waals surface area contributed by atoms with Crippen LogP contribution in [0.2, 0.25) is 5.02 Å². The molecule has 0 bridgehead atoms. The molecule has 6 heteroatoms. The van der Waals surface area contributed by atoms with Crippen LogP contribution >= 0.6 is 11.6 Å². The lowest BCUT2D eigenvalue weighted by Gasteiger charge is -2.15. The molecule has 5 nitrogen and oxygen atoms in total. The summed E-state index contributed by atoms with van der Waals surface area (Å²) in [6.07, 6.45) is 0. The van der Waals surface area contributed by atoms with Crippen LogP contribution in [-0.4, -0.2) is 25.0 Å². The molecule has 0 heterocycles. The van der Waals surface area contributed by atoms with E-state index in [2.05, 4.69) is 10.6 Å². The van der Waals surface area contributed by atoms with Crippen LogP contribution < -0.4 is 15.4 Å². The van der Waals surface area contributed by atoms with Gasteiger partial charge in [0.25, 0.3) is 5.91 Å². The van der Waals surface area contributed by atoms with E-state index >= 15 is 0 Å². The molecule has 0 saturated carbocycles. The molecular weight excluding hydrogens is 328 g/mol. The number of amides is 2. The number of carbonyl (C=O) groups excluding carboxylic acids is 2. The molecule has 0 radical (unpaired) electrons. The van der Waals surface area contributed by atoms with Crippen LogP contribution in [0.15, 0.2) is 54.6 Å². The van der Waals surface area contributed by atoms with E-state index in [1.807, 2.05) is 37.3 Å². The molecule has 0 aliphatic rings. The van der Waals surface area contributed by atoms with Crippen molar-refractivity contribution in [3.63, 3.8) is 0 Å². The summed E-state index contributed by atoms with van der Waals surface area (Å²) in [5, 5.41) is 5.93. The van der Waals surface area contributed by atoms with Crippen molar-refractivity contribution in [2.75, 3.05) is 13.2 Å². The maximum absolute atomic E-state index is 11.9. The first-order valence-corrected chi connectivity index (χ1v) is 7.92. The minimum atomic E-state index is -0.357. The predicted molar refractivity (Wildman–Crippen MR) is 93.0 cm³/mol. The van der Waals surface area contributed by atoms with Gasteiger partial charge in [-0.1, -0.05) is 41.9 Å². The Morgan fingerprint density at radius 2 is 1.83 bits per heavy atom. The second kappa shape index (κ2) is 8.93. The molecular formula is C18H19ClN2O3. The van der Waals surface area contributed by atoms with Gasteiger partial charge in [0.2, 0.25) is 5.91 Å². The van der Waals surface area contributed by atoms with E-state index in [1.54, 1.807) is 24.3 Å². The van der Waals surface area contributed by atoms with E-state index in [4.69, 9.17) is 16.3 Å². The Kier molecular flexibility index (Phi) is 6.63. The highest BCUT2D eigenvalue weighted by atomic mass is 35.5. The van der Waals surface area contributed by atoms with Crippen molar-refractivity contribution in [3.05, 3.63) is 65.2 Å². The summed E-state index contributed by atoms with van der Waals surface area (Å²) < 4.78 is 5.31. The minimum absolute atomic E-state index is 0.109. The van der Waals surface area contributed by atoms with Gasteiger partial charge in [0.05, 0.1) is 12.6 Å². The van der Waals surface area contributed by atoms with Crippen molar-refractivity contribution in [2.24, 2.45) is 0 Å². The normalized spacial score (nSPS) is 11.4. The summed E-state index contributed by atoms with van der Waals surface area (Å²) >= 11 is 5.93. The predicted octanol–water partition coefficient (Wildman–Crippen LogP) is 2.71. The standard InChI is InChI=1S/C18H19ClN2O3/c1-13(14-6-5-7-15(19)10-14)21-17(22)11-20-18(23)12-24-16-8-3-2-4-9-16/h2-10,13H,11-12H2,1H3,(H,20,23)(H,21,22)/t13-/m1/s1. The average Bonchev–Trinajstić information content (AvgIpc) is 2.59. The van der Waals surface area contributed by atoms with Gasteiger partial charge in [-0.2, -0.15) is 0 Å². The fourth-order valence-electron chi connectivity index (χ4n) is 2.05. The van der Waals surface area contributed by atoms with Gasteiger partial charge in [-0.3, -0.25) is 9.59 Å². The second-order valence-corrected chi connectivity index (χ2v) is 5.66. The number of carbonyl (C=O) groups is 2.